The Bertz CT molecular complexity index is 996. The molecule has 0 saturated carbocycles. The van der Waals surface area contributed by atoms with Crippen molar-refractivity contribution in [3.63, 3.8) is 0 Å². The molecule has 0 saturated heterocycles. The summed E-state index contributed by atoms with van der Waals surface area (Å²) in [6, 6.07) is 13.6. The molecule has 150 valence electrons. The Labute approximate surface area is 174 Å². The number of halogens is 1. The van der Waals surface area contributed by atoms with Crippen molar-refractivity contribution in [3.05, 3.63) is 70.4 Å². The van der Waals surface area contributed by atoms with Gasteiger partial charge in [-0.25, -0.2) is 9.69 Å². The number of hydrogen-bond acceptors (Lipinski definition) is 5. The average Bonchev–Trinajstić information content (AvgIpc) is 2.92. The summed E-state index contributed by atoms with van der Waals surface area (Å²) >= 11 is 6.17. The maximum atomic E-state index is 12.9. The molecule has 0 unspecified atom stereocenters. The molecule has 0 radical (unpaired) electrons. The topological polar surface area (TPSA) is 75.7 Å². The third-order valence-electron chi connectivity index (χ3n) is 4.49. The summed E-state index contributed by atoms with van der Waals surface area (Å²) < 4.78 is 4.98. The summed E-state index contributed by atoms with van der Waals surface area (Å²) in [6.45, 7) is 6.10. The van der Waals surface area contributed by atoms with Crippen molar-refractivity contribution in [2.75, 3.05) is 16.8 Å². The number of nitrogens with one attached hydrogen (secondary N) is 1. The van der Waals surface area contributed by atoms with Gasteiger partial charge in [-0.3, -0.25) is 9.59 Å². The molecule has 2 aromatic rings. The molecule has 0 aromatic heterocycles. The van der Waals surface area contributed by atoms with Crippen molar-refractivity contribution in [1.82, 2.24) is 0 Å². The van der Waals surface area contributed by atoms with Crippen molar-refractivity contribution in [3.8, 4) is 0 Å². The van der Waals surface area contributed by atoms with Gasteiger partial charge >= 0.3 is 5.97 Å². The molecular weight excluding hydrogens is 392 g/mol. The monoisotopic (exact) mass is 412 g/mol. The van der Waals surface area contributed by atoms with Crippen LogP contribution in [-0.4, -0.2) is 24.4 Å². The van der Waals surface area contributed by atoms with E-state index in [9.17, 15) is 14.4 Å². The van der Waals surface area contributed by atoms with Gasteiger partial charge in [-0.1, -0.05) is 43.6 Å². The smallest absolute Gasteiger partial charge is 0.338 e. The summed E-state index contributed by atoms with van der Waals surface area (Å²) in [6.07, 6.45) is 0. The lowest BCUT2D eigenvalue weighted by molar-refractivity contribution is -0.120. The quantitative estimate of drug-likeness (QED) is 0.561. The van der Waals surface area contributed by atoms with Gasteiger partial charge in [0.1, 0.15) is 10.7 Å². The number of carbonyl (C=O) groups is 3. The molecular formula is C22H21ClN2O4. The molecule has 0 atom stereocenters. The molecule has 3 rings (SSSR count). The number of ether oxygens (including phenoxy) is 1. The molecule has 0 bridgehead atoms. The van der Waals surface area contributed by atoms with Crippen molar-refractivity contribution < 1.29 is 19.1 Å². The average molecular weight is 413 g/mol. The number of hydrogen-bond donors (Lipinski definition) is 1. The molecule has 1 N–H and O–H groups in total. The lowest BCUT2D eigenvalue weighted by Gasteiger charge is -2.16. The number of benzene rings is 2. The number of carbonyl (C=O) groups excluding carboxylic acids is 3. The highest BCUT2D eigenvalue weighted by Crippen LogP contribution is 2.31. The molecule has 1 aliphatic heterocycles. The van der Waals surface area contributed by atoms with Gasteiger partial charge in [0.25, 0.3) is 11.8 Å². The minimum Gasteiger partial charge on any atom is -0.462 e. The first-order chi connectivity index (χ1) is 13.8. The molecule has 29 heavy (non-hydrogen) atoms. The predicted octanol–water partition coefficient (Wildman–Crippen LogP) is 4.42. The second-order valence-electron chi connectivity index (χ2n) is 6.81. The molecule has 1 heterocycles. The molecule has 6 nitrogen and oxygen atoms in total. The van der Waals surface area contributed by atoms with Crippen LogP contribution in [0.2, 0.25) is 0 Å². The van der Waals surface area contributed by atoms with Gasteiger partial charge in [0.05, 0.1) is 17.9 Å². The van der Waals surface area contributed by atoms with Crippen LogP contribution in [0.15, 0.2) is 59.3 Å². The zero-order chi connectivity index (χ0) is 21.1. The fourth-order valence-corrected chi connectivity index (χ4v) is 3.15. The van der Waals surface area contributed by atoms with Crippen molar-refractivity contribution in [1.29, 1.82) is 0 Å². The van der Waals surface area contributed by atoms with E-state index < -0.39 is 17.8 Å². The highest BCUT2D eigenvalue weighted by atomic mass is 35.5. The summed E-state index contributed by atoms with van der Waals surface area (Å²) in [5.74, 6) is -1.30. The molecule has 0 spiro atoms. The standard InChI is InChI=1S/C22H21ClN2O4/c1-4-29-22(28)15-6-5-7-16(12-15)24-19-18(23)20(26)25(21(19)27)17-10-8-14(9-11-17)13(2)3/h5-13,24H,4H2,1-3H3. The molecule has 1 aliphatic rings. The number of rotatable bonds is 6. The number of esters is 1. The zero-order valence-corrected chi connectivity index (χ0v) is 17.1. The maximum Gasteiger partial charge on any atom is 0.338 e. The van der Waals surface area contributed by atoms with Gasteiger partial charge in [-0.2, -0.15) is 0 Å². The third kappa shape index (κ3) is 4.17. The van der Waals surface area contributed by atoms with Gasteiger partial charge < -0.3 is 10.1 Å². The number of nitrogens with zero attached hydrogens (tertiary/aromatic N) is 1. The normalized spacial score (nSPS) is 14.0. The molecule has 2 aromatic carbocycles. The van der Waals surface area contributed by atoms with Crippen molar-refractivity contribution in [2.24, 2.45) is 0 Å². The van der Waals surface area contributed by atoms with Crippen molar-refractivity contribution >= 4 is 40.8 Å². The first kappa shape index (κ1) is 20.6. The molecule has 0 fully saturated rings. The van der Waals surface area contributed by atoms with Crippen LogP contribution < -0.4 is 10.2 Å². The SMILES string of the molecule is CCOC(=O)c1cccc(NC2=C(Cl)C(=O)N(c3ccc(C(C)C)cc3)C2=O)c1. The van der Waals surface area contributed by atoms with Crippen molar-refractivity contribution in [2.45, 2.75) is 26.7 Å². The van der Waals surface area contributed by atoms with Crippen LogP contribution >= 0.6 is 11.6 Å². The number of imide groups is 1. The first-order valence-electron chi connectivity index (χ1n) is 9.26. The molecule has 2 amide bonds. The van der Waals surface area contributed by atoms with Crippen LogP contribution in [0, 0.1) is 0 Å². The van der Waals surface area contributed by atoms with Gasteiger partial charge in [-0.15, -0.1) is 0 Å². The summed E-state index contributed by atoms with van der Waals surface area (Å²) in [4.78, 5) is 38.4. The van der Waals surface area contributed by atoms with Crippen LogP contribution in [-0.2, 0) is 14.3 Å². The lowest BCUT2D eigenvalue weighted by Crippen LogP contribution is -2.32. The lowest BCUT2D eigenvalue weighted by atomic mass is 10.0. The van der Waals surface area contributed by atoms with E-state index in [4.69, 9.17) is 16.3 Å². The fraction of sp³-hybridized carbons (Fsp3) is 0.227. The van der Waals surface area contributed by atoms with E-state index in [1.807, 2.05) is 12.1 Å². The van der Waals surface area contributed by atoms with Gasteiger partial charge in [0, 0.05) is 5.69 Å². The van der Waals surface area contributed by atoms with E-state index >= 15 is 0 Å². The minimum atomic E-state index is -0.599. The second kappa shape index (κ2) is 8.49. The maximum absolute atomic E-state index is 12.9. The Balaban J connectivity index is 1.84. The number of anilines is 2. The van der Waals surface area contributed by atoms with E-state index in [1.54, 1.807) is 37.3 Å². The summed E-state index contributed by atoms with van der Waals surface area (Å²) in [7, 11) is 0. The fourth-order valence-electron chi connectivity index (χ4n) is 2.94. The Morgan fingerprint density at radius 2 is 1.79 bits per heavy atom. The Kier molecular flexibility index (Phi) is 6.03. The Hall–Kier alpha value is -3.12. The van der Waals surface area contributed by atoms with Gasteiger partial charge in [-0.05, 0) is 48.7 Å². The predicted molar refractivity (Wildman–Crippen MR) is 112 cm³/mol. The van der Waals surface area contributed by atoms with Gasteiger partial charge in [0.2, 0.25) is 0 Å². The second-order valence-corrected chi connectivity index (χ2v) is 7.19. The van der Waals surface area contributed by atoms with Crippen LogP contribution in [0.1, 0.15) is 42.6 Å². The summed E-state index contributed by atoms with van der Waals surface area (Å²) in [5.41, 5.74) is 2.28. The van der Waals surface area contributed by atoms with Gasteiger partial charge in [0.15, 0.2) is 0 Å². The summed E-state index contributed by atoms with van der Waals surface area (Å²) in [5, 5.41) is 2.66. The van der Waals surface area contributed by atoms with E-state index in [-0.39, 0.29) is 17.3 Å². The molecule has 7 heteroatoms. The highest BCUT2D eigenvalue weighted by molar-refractivity contribution is 6.53. The molecule has 0 aliphatic carbocycles. The highest BCUT2D eigenvalue weighted by Gasteiger charge is 2.39. The van der Waals surface area contributed by atoms with E-state index in [2.05, 4.69) is 19.2 Å². The number of amides is 2. The van der Waals surface area contributed by atoms with Crippen LogP contribution in [0.25, 0.3) is 0 Å². The largest absolute Gasteiger partial charge is 0.462 e. The van der Waals surface area contributed by atoms with E-state index in [0.717, 1.165) is 10.5 Å². The first-order valence-corrected chi connectivity index (χ1v) is 9.64. The van der Waals surface area contributed by atoms with Crippen LogP contribution in [0.3, 0.4) is 0 Å². The van der Waals surface area contributed by atoms with E-state index in [1.165, 1.54) is 6.07 Å². The Morgan fingerprint density at radius 3 is 2.41 bits per heavy atom. The van der Waals surface area contributed by atoms with E-state index in [0.29, 0.717) is 22.9 Å². The minimum absolute atomic E-state index is 0.0365. The Morgan fingerprint density at radius 1 is 1.10 bits per heavy atom. The third-order valence-corrected chi connectivity index (χ3v) is 4.84. The van der Waals surface area contributed by atoms with Crippen LogP contribution in [0.4, 0.5) is 11.4 Å². The van der Waals surface area contributed by atoms with Crippen LogP contribution in [0.5, 0.6) is 0 Å². The zero-order valence-electron chi connectivity index (χ0n) is 16.4.